The second-order valence-corrected chi connectivity index (χ2v) is 25.7. The van der Waals surface area contributed by atoms with Crippen LogP contribution in [0.1, 0.15) is 71.1 Å². The Kier molecular flexibility index (Phi) is 14.1. The average Bonchev–Trinajstić information content (AvgIpc) is 3.91. The molecule has 0 aliphatic heterocycles. The topological polar surface area (TPSA) is 43.9 Å². The van der Waals surface area contributed by atoms with E-state index in [0.29, 0.717) is 11.8 Å². The van der Waals surface area contributed by atoms with Crippen molar-refractivity contribution in [3.8, 4) is 50.6 Å². The minimum absolute atomic E-state index is 0. The minimum atomic E-state index is -1.34. The van der Waals surface area contributed by atoms with Gasteiger partial charge in [0.15, 0.2) is 0 Å². The molecule has 10 rings (SSSR count). The fourth-order valence-electron chi connectivity index (χ4n) is 9.15. The molecular formula is C62H61IrN3OSi-2. The second-order valence-electron chi connectivity index (χ2n) is 20.7. The molecule has 0 saturated carbocycles. The van der Waals surface area contributed by atoms with Crippen molar-refractivity contribution in [1.29, 1.82) is 0 Å². The molecule has 0 aliphatic carbocycles. The quantitative estimate of drug-likeness (QED) is 0.107. The molecule has 0 amide bonds. The van der Waals surface area contributed by atoms with Gasteiger partial charge in [-0.15, -0.1) is 35.9 Å². The summed E-state index contributed by atoms with van der Waals surface area (Å²) in [7, 11) is -1.34. The van der Waals surface area contributed by atoms with Gasteiger partial charge in [0.05, 0.1) is 30.6 Å². The summed E-state index contributed by atoms with van der Waals surface area (Å²) < 4.78 is 8.55. The van der Waals surface area contributed by atoms with Crippen molar-refractivity contribution in [2.45, 2.75) is 85.9 Å². The zero-order valence-corrected chi connectivity index (χ0v) is 44.4. The average molecular weight is 1080 g/mol. The van der Waals surface area contributed by atoms with E-state index in [0.717, 1.165) is 79.0 Å². The fraction of sp³-hybridized carbons (Fsp3) is 0.226. The number of pyridine rings is 1. The van der Waals surface area contributed by atoms with Crippen molar-refractivity contribution in [2.75, 3.05) is 0 Å². The predicted octanol–water partition coefficient (Wildman–Crippen LogP) is 16.4. The van der Waals surface area contributed by atoms with Gasteiger partial charge in [-0.3, -0.25) is 4.98 Å². The summed E-state index contributed by atoms with van der Waals surface area (Å²) in [6.07, 6.45) is 6.55. The smallest absolute Gasteiger partial charge is 0.0798 e. The number of fused-ring (bicyclic) bond motifs is 3. The third-order valence-electron chi connectivity index (χ3n) is 12.7. The molecule has 7 aromatic carbocycles. The molecule has 1 radical (unpaired) electrons. The van der Waals surface area contributed by atoms with Crippen molar-refractivity contribution in [1.82, 2.24) is 14.5 Å². The van der Waals surface area contributed by atoms with Gasteiger partial charge in [0.25, 0.3) is 0 Å². The summed E-state index contributed by atoms with van der Waals surface area (Å²) >= 11 is 0. The van der Waals surface area contributed by atoms with Crippen LogP contribution in [0.2, 0.25) is 19.6 Å². The van der Waals surface area contributed by atoms with Crippen LogP contribution in [0.15, 0.2) is 168 Å². The molecule has 0 fully saturated rings. The Bertz CT molecular complexity index is 3280. The van der Waals surface area contributed by atoms with Crippen LogP contribution in [-0.2, 0) is 31.9 Å². The zero-order valence-electron chi connectivity index (χ0n) is 41.0. The second kappa shape index (κ2) is 19.8. The van der Waals surface area contributed by atoms with Gasteiger partial charge in [-0.2, -0.15) is 0 Å². The summed E-state index contributed by atoms with van der Waals surface area (Å²) in [5.74, 6) is 1.93. The fourth-order valence-corrected chi connectivity index (χ4v) is 10.7. The van der Waals surface area contributed by atoms with E-state index < -0.39 is 8.07 Å². The number of hydrogen-bond donors (Lipinski definition) is 0. The Hall–Kier alpha value is -6.17. The van der Waals surface area contributed by atoms with Gasteiger partial charge >= 0.3 is 0 Å². The van der Waals surface area contributed by atoms with E-state index in [9.17, 15) is 0 Å². The van der Waals surface area contributed by atoms with Gasteiger partial charge in [0.1, 0.15) is 0 Å². The number of aromatic nitrogens is 3. The van der Waals surface area contributed by atoms with Gasteiger partial charge in [-0.25, -0.2) is 0 Å². The zero-order chi connectivity index (χ0) is 47.0. The molecule has 10 aromatic rings. The Morgan fingerprint density at radius 2 is 1.34 bits per heavy atom. The van der Waals surface area contributed by atoms with E-state index in [1.165, 1.54) is 32.6 Å². The van der Waals surface area contributed by atoms with Crippen molar-refractivity contribution in [3.05, 3.63) is 193 Å². The molecule has 4 nitrogen and oxygen atoms in total. The molecule has 0 spiro atoms. The number of nitrogens with zero attached hydrogens (tertiary/aromatic N) is 3. The van der Waals surface area contributed by atoms with Crippen LogP contribution in [0, 0.1) is 18.2 Å². The summed E-state index contributed by atoms with van der Waals surface area (Å²) in [6, 6.07) is 59.3. The predicted molar refractivity (Wildman–Crippen MR) is 286 cm³/mol. The van der Waals surface area contributed by atoms with E-state index in [1.54, 1.807) is 0 Å². The number of hydrogen-bond acceptors (Lipinski definition) is 3. The molecule has 6 heteroatoms. The maximum atomic E-state index is 6.21. The Balaban J connectivity index is 0.000000251. The first-order valence-electron chi connectivity index (χ1n) is 23.8. The minimum Gasteiger partial charge on any atom is -0.557 e. The van der Waals surface area contributed by atoms with E-state index in [-0.39, 0.29) is 25.5 Å². The van der Waals surface area contributed by atoms with Crippen molar-refractivity contribution in [2.24, 2.45) is 5.92 Å². The molecule has 0 atom stereocenters. The van der Waals surface area contributed by atoms with Crippen LogP contribution in [0.5, 0.6) is 0 Å². The Morgan fingerprint density at radius 3 is 1.94 bits per heavy atom. The molecular weight excluding hydrogens is 1020 g/mol. The van der Waals surface area contributed by atoms with Crippen LogP contribution in [0.25, 0.3) is 83.4 Å². The Labute approximate surface area is 417 Å². The van der Waals surface area contributed by atoms with Gasteiger partial charge < -0.3 is 14.0 Å². The van der Waals surface area contributed by atoms with Gasteiger partial charge in [-0.1, -0.05) is 194 Å². The number of furan rings is 1. The molecule has 3 aromatic heterocycles. The standard InChI is InChI=1S/C44H37N2O.C18H24NSi.Ir/c1-28(2)31-20-21-32-23-37-38(27-47-41(37)24-33(32)22-31)43-45-39-18-12-13-19-40(39)46(43)42-35(29-14-8-6-9-15-29)25-34(44(3,4)5)26-36(42)30-16-10-7-11-17-30;1-14(2)11-16-12-17(15-9-7-6-8-10-15)19-13-18(16)20(3,4)5;/h6-26,28H,1-5H3;6-9,12-14H,11H2,1-5H3;/q2*-1;. The largest absolute Gasteiger partial charge is 0.557 e. The molecule has 0 bridgehead atoms. The first-order chi connectivity index (χ1) is 32.1. The van der Waals surface area contributed by atoms with Gasteiger partial charge in [0, 0.05) is 49.3 Å². The van der Waals surface area contributed by atoms with Crippen molar-refractivity contribution >= 4 is 46.0 Å². The SMILES string of the molecule is CC(C)Cc1cc(-c2[c-]cccc2)ncc1[Si](C)(C)C.CC(C)c1ccc2cc3c(-c4nc5ccccc5n4-c4c(-c5ccccc5)cc(C(C)(C)C)cc4-c4ccccc4)[c-]oc3cc2c1.[Ir]. The first kappa shape index (κ1) is 48.3. The van der Waals surface area contributed by atoms with Gasteiger partial charge in [-0.05, 0) is 91.8 Å². The first-order valence-corrected chi connectivity index (χ1v) is 27.3. The van der Waals surface area contributed by atoms with E-state index in [2.05, 4.69) is 236 Å². The molecule has 345 valence electrons. The Morgan fingerprint density at radius 1 is 0.691 bits per heavy atom. The number of rotatable bonds is 9. The van der Waals surface area contributed by atoms with Gasteiger partial charge in [0.2, 0.25) is 0 Å². The van der Waals surface area contributed by atoms with Crippen LogP contribution >= 0.6 is 0 Å². The monoisotopic (exact) mass is 1080 g/mol. The molecule has 68 heavy (non-hydrogen) atoms. The van der Waals surface area contributed by atoms with Crippen molar-refractivity contribution < 1.29 is 24.5 Å². The normalized spacial score (nSPS) is 11.9. The molecule has 0 unspecified atom stereocenters. The maximum absolute atomic E-state index is 6.21. The van der Waals surface area contributed by atoms with Crippen LogP contribution in [0.4, 0.5) is 0 Å². The van der Waals surface area contributed by atoms with E-state index in [4.69, 9.17) is 9.40 Å². The molecule has 0 saturated heterocycles. The van der Waals surface area contributed by atoms with Crippen LogP contribution < -0.4 is 5.19 Å². The van der Waals surface area contributed by atoms with Crippen LogP contribution in [0.3, 0.4) is 0 Å². The van der Waals surface area contributed by atoms with E-state index in [1.807, 2.05) is 18.2 Å². The van der Waals surface area contributed by atoms with Crippen molar-refractivity contribution in [3.63, 3.8) is 0 Å². The molecule has 3 heterocycles. The van der Waals surface area contributed by atoms with E-state index >= 15 is 0 Å². The maximum Gasteiger partial charge on any atom is 0.0798 e. The summed E-state index contributed by atoms with van der Waals surface area (Å²) in [5.41, 5.74) is 15.4. The third kappa shape index (κ3) is 10.0. The summed E-state index contributed by atoms with van der Waals surface area (Å²) in [5, 5.41) is 4.83. The molecule has 0 N–H and O–H groups in total. The number of benzene rings is 7. The third-order valence-corrected chi connectivity index (χ3v) is 14.8. The van der Waals surface area contributed by atoms with Crippen LogP contribution in [-0.4, -0.2) is 22.6 Å². The molecule has 0 aliphatic rings. The summed E-state index contributed by atoms with van der Waals surface area (Å²) in [4.78, 5) is 10.00. The number of para-hydroxylation sites is 2. The number of imidazole rings is 1. The summed E-state index contributed by atoms with van der Waals surface area (Å²) in [6.45, 7) is 23.0.